The van der Waals surface area contributed by atoms with Crippen LogP contribution in [0.4, 0.5) is 11.4 Å². The zero-order valence-electron chi connectivity index (χ0n) is 21.0. The van der Waals surface area contributed by atoms with E-state index in [1.54, 1.807) is 19.1 Å². The topological polar surface area (TPSA) is 167 Å². The second-order valence-corrected chi connectivity index (χ2v) is 11.2. The zero-order valence-corrected chi connectivity index (χ0v) is 22.7. The van der Waals surface area contributed by atoms with Gasteiger partial charge in [-0.25, -0.2) is 13.6 Å². The number of dihydropyridines is 1. The van der Waals surface area contributed by atoms with Crippen LogP contribution in [0.25, 0.3) is 0 Å². The third-order valence-electron chi connectivity index (χ3n) is 5.93. The maximum absolute atomic E-state index is 13.4. The number of nitrogens with two attached hydrogens (primary N) is 1. The molecule has 1 aromatic heterocycles. The summed E-state index contributed by atoms with van der Waals surface area (Å²) in [5.74, 6) is -1.19. The molecule has 0 fully saturated rings. The first-order valence-electron chi connectivity index (χ1n) is 11.7. The number of nitrogens with zero attached hydrogens (tertiary/aromatic N) is 1. The van der Waals surface area contributed by atoms with E-state index in [0.717, 1.165) is 17.3 Å². The monoisotopic (exact) mass is 563 g/mol. The molecule has 4 rings (SSSR count). The first kappa shape index (κ1) is 27.7. The highest BCUT2D eigenvalue weighted by molar-refractivity contribution is 8.03. The van der Waals surface area contributed by atoms with E-state index in [1.165, 1.54) is 30.5 Å². The summed E-state index contributed by atoms with van der Waals surface area (Å²) in [6, 6.07) is 18.3. The van der Waals surface area contributed by atoms with Crippen molar-refractivity contribution in [2.24, 2.45) is 5.14 Å². The molecule has 1 aliphatic rings. The molecular formula is C27H25N5O5S2. The molecule has 0 spiro atoms. The maximum Gasteiger partial charge on any atom is 0.254 e. The van der Waals surface area contributed by atoms with Gasteiger partial charge in [0.2, 0.25) is 15.9 Å². The van der Waals surface area contributed by atoms with Gasteiger partial charge in [-0.2, -0.15) is 5.26 Å². The number of carbonyl (C=O) groups is 2. The van der Waals surface area contributed by atoms with Crippen LogP contribution >= 0.6 is 11.8 Å². The van der Waals surface area contributed by atoms with E-state index in [2.05, 4.69) is 22.0 Å². The van der Waals surface area contributed by atoms with Crippen LogP contribution in [0, 0.1) is 18.3 Å². The molecule has 1 unspecified atom stereocenters. The molecule has 2 heterocycles. The molecule has 5 N–H and O–H groups in total. The zero-order chi connectivity index (χ0) is 28.2. The SMILES string of the molecule is CC1=C(C(=O)Nc2ccc(S(N)(=O)=O)cc2)C(c2ccco2)C(C#N)=C(SCC(=O)Nc2ccccc2C)N1. The molecule has 0 saturated heterocycles. The minimum Gasteiger partial charge on any atom is -0.468 e. The van der Waals surface area contributed by atoms with Gasteiger partial charge in [-0.1, -0.05) is 30.0 Å². The normalized spacial score (nSPS) is 15.4. The number of para-hydroxylation sites is 1. The van der Waals surface area contributed by atoms with Gasteiger partial charge in [0, 0.05) is 17.1 Å². The van der Waals surface area contributed by atoms with E-state index in [0.29, 0.717) is 27.9 Å². The van der Waals surface area contributed by atoms with Crippen LogP contribution in [0.5, 0.6) is 0 Å². The molecule has 0 saturated carbocycles. The smallest absolute Gasteiger partial charge is 0.254 e. The van der Waals surface area contributed by atoms with Gasteiger partial charge < -0.3 is 20.4 Å². The predicted octanol–water partition coefficient (Wildman–Crippen LogP) is 3.94. The van der Waals surface area contributed by atoms with Gasteiger partial charge in [-0.3, -0.25) is 9.59 Å². The fraction of sp³-hybridized carbons (Fsp3) is 0.148. The van der Waals surface area contributed by atoms with E-state index in [9.17, 15) is 23.3 Å². The fourth-order valence-corrected chi connectivity index (χ4v) is 5.44. The lowest BCUT2D eigenvalue weighted by Crippen LogP contribution is -2.31. The lowest BCUT2D eigenvalue weighted by molar-refractivity contribution is -0.114. The molecule has 2 amide bonds. The lowest BCUT2D eigenvalue weighted by Gasteiger charge is -2.28. The molecule has 12 heteroatoms. The number of amides is 2. The summed E-state index contributed by atoms with van der Waals surface area (Å²) in [5.41, 5.74) is 2.90. The maximum atomic E-state index is 13.4. The number of thioether (sulfide) groups is 1. The summed E-state index contributed by atoms with van der Waals surface area (Å²) in [5, 5.41) is 24.4. The van der Waals surface area contributed by atoms with Crippen LogP contribution in [0.1, 0.15) is 24.2 Å². The van der Waals surface area contributed by atoms with Crippen molar-refractivity contribution < 1.29 is 22.4 Å². The Labute approximate surface area is 230 Å². The predicted molar refractivity (Wildman–Crippen MR) is 149 cm³/mol. The molecule has 1 atom stereocenters. The molecule has 2 aromatic carbocycles. The largest absolute Gasteiger partial charge is 0.468 e. The summed E-state index contributed by atoms with van der Waals surface area (Å²) in [6.45, 7) is 3.59. The van der Waals surface area contributed by atoms with Crippen LogP contribution in [-0.2, 0) is 19.6 Å². The van der Waals surface area contributed by atoms with Crippen molar-refractivity contribution in [3.05, 3.63) is 100 Å². The van der Waals surface area contributed by atoms with Gasteiger partial charge in [0.15, 0.2) is 0 Å². The highest BCUT2D eigenvalue weighted by atomic mass is 32.2. The Morgan fingerprint density at radius 2 is 1.79 bits per heavy atom. The number of nitriles is 1. The number of allylic oxidation sites excluding steroid dienone is 2. The number of carbonyl (C=O) groups excluding carboxylic acids is 2. The van der Waals surface area contributed by atoms with Crippen molar-refractivity contribution in [1.29, 1.82) is 5.26 Å². The number of sulfonamides is 1. The molecule has 10 nitrogen and oxygen atoms in total. The Bertz CT molecular complexity index is 1620. The molecule has 0 bridgehead atoms. The van der Waals surface area contributed by atoms with Gasteiger partial charge in [-0.05, 0) is 61.9 Å². The number of aryl methyl sites for hydroxylation is 1. The van der Waals surface area contributed by atoms with E-state index in [-0.39, 0.29) is 27.7 Å². The Hall–Kier alpha value is -4.31. The van der Waals surface area contributed by atoms with Crippen LogP contribution in [0.3, 0.4) is 0 Å². The molecule has 0 radical (unpaired) electrons. The van der Waals surface area contributed by atoms with Crippen molar-refractivity contribution in [2.45, 2.75) is 24.7 Å². The molecule has 200 valence electrons. The van der Waals surface area contributed by atoms with E-state index in [1.807, 2.05) is 31.2 Å². The van der Waals surface area contributed by atoms with E-state index >= 15 is 0 Å². The number of hydrogen-bond acceptors (Lipinski definition) is 8. The van der Waals surface area contributed by atoms with Crippen molar-refractivity contribution in [3.63, 3.8) is 0 Å². The first-order chi connectivity index (χ1) is 18.6. The summed E-state index contributed by atoms with van der Waals surface area (Å²) in [4.78, 5) is 26.0. The Kier molecular flexibility index (Phi) is 8.25. The van der Waals surface area contributed by atoms with Gasteiger partial charge in [0.25, 0.3) is 5.91 Å². The molecule has 1 aliphatic heterocycles. The Morgan fingerprint density at radius 3 is 2.41 bits per heavy atom. The lowest BCUT2D eigenvalue weighted by atomic mass is 9.85. The van der Waals surface area contributed by atoms with Crippen LogP contribution in [0.2, 0.25) is 0 Å². The van der Waals surface area contributed by atoms with Crippen molar-refractivity contribution >= 4 is 45.0 Å². The summed E-state index contributed by atoms with van der Waals surface area (Å²) >= 11 is 1.15. The minimum atomic E-state index is -3.88. The molecule has 0 aliphatic carbocycles. The third kappa shape index (κ3) is 6.40. The minimum absolute atomic E-state index is 0.0257. The number of rotatable bonds is 8. The summed E-state index contributed by atoms with van der Waals surface area (Å²) in [7, 11) is -3.88. The Balaban J connectivity index is 1.58. The van der Waals surface area contributed by atoms with Crippen molar-refractivity contribution in [1.82, 2.24) is 5.32 Å². The quantitative estimate of drug-likeness (QED) is 0.320. The van der Waals surface area contributed by atoms with Crippen LogP contribution in [-0.4, -0.2) is 26.0 Å². The summed E-state index contributed by atoms with van der Waals surface area (Å²) in [6.07, 6.45) is 1.45. The van der Waals surface area contributed by atoms with Crippen LogP contribution < -0.4 is 21.1 Å². The number of primary sulfonamides is 1. The average Bonchev–Trinajstić information content (AvgIpc) is 3.43. The molecule has 3 aromatic rings. The fourth-order valence-electron chi connectivity index (χ4n) is 4.03. The molecular weight excluding hydrogens is 538 g/mol. The van der Waals surface area contributed by atoms with Crippen LogP contribution in [0.15, 0.2) is 98.1 Å². The first-order valence-corrected chi connectivity index (χ1v) is 14.2. The Morgan fingerprint density at radius 1 is 1.08 bits per heavy atom. The number of nitrogens with one attached hydrogen (secondary N) is 3. The van der Waals surface area contributed by atoms with Gasteiger partial charge in [0.1, 0.15) is 5.76 Å². The van der Waals surface area contributed by atoms with Gasteiger partial charge in [-0.15, -0.1) is 0 Å². The second kappa shape index (κ2) is 11.6. The van der Waals surface area contributed by atoms with Crippen molar-refractivity contribution in [2.75, 3.05) is 16.4 Å². The number of benzene rings is 2. The second-order valence-electron chi connectivity index (χ2n) is 8.64. The van der Waals surface area contributed by atoms with Crippen molar-refractivity contribution in [3.8, 4) is 6.07 Å². The highest BCUT2D eigenvalue weighted by Crippen LogP contribution is 2.41. The molecule has 39 heavy (non-hydrogen) atoms. The third-order valence-corrected chi connectivity index (χ3v) is 7.87. The average molecular weight is 564 g/mol. The van der Waals surface area contributed by atoms with Gasteiger partial charge >= 0.3 is 0 Å². The highest BCUT2D eigenvalue weighted by Gasteiger charge is 2.36. The number of hydrogen-bond donors (Lipinski definition) is 4. The number of furan rings is 1. The van der Waals surface area contributed by atoms with Gasteiger partial charge in [0.05, 0.1) is 45.1 Å². The van der Waals surface area contributed by atoms with E-state index < -0.39 is 21.8 Å². The number of anilines is 2. The summed E-state index contributed by atoms with van der Waals surface area (Å²) < 4.78 is 28.7. The standard InChI is InChI=1S/C27H25N5O5S2/c1-16-6-3-4-7-21(16)32-23(33)15-38-27-20(14-28)25(22-8-5-13-37-22)24(17(2)30-27)26(34)31-18-9-11-19(12-10-18)39(29,35)36/h3-13,25,30H,15H2,1-2H3,(H,31,34)(H,32,33)(H2,29,35,36). The van der Waals surface area contributed by atoms with E-state index in [4.69, 9.17) is 9.56 Å².